The van der Waals surface area contributed by atoms with Gasteiger partial charge in [-0.15, -0.1) is 6.42 Å². The van der Waals surface area contributed by atoms with E-state index in [9.17, 15) is 8.42 Å². The Kier molecular flexibility index (Phi) is 4.54. The van der Waals surface area contributed by atoms with Crippen LogP contribution in [0.1, 0.15) is 0 Å². The number of rotatable bonds is 4. The third-order valence-electron chi connectivity index (χ3n) is 2.01. The third-order valence-corrected chi connectivity index (χ3v) is 2.57. The van der Waals surface area contributed by atoms with Crippen molar-refractivity contribution in [3.63, 3.8) is 0 Å². The van der Waals surface area contributed by atoms with Crippen LogP contribution in [0.5, 0.6) is 0 Å². The molecule has 0 aromatic heterocycles. The lowest BCUT2D eigenvalue weighted by atomic mass is 10.3. The first-order chi connectivity index (χ1) is 7.01. The van der Waals surface area contributed by atoms with E-state index in [1.807, 2.05) is 4.90 Å². The first-order valence-corrected chi connectivity index (χ1v) is 6.45. The first-order valence-electron chi connectivity index (χ1n) is 4.63. The summed E-state index contributed by atoms with van der Waals surface area (Å²) in [6, 6.07) is 0. The van der Waals surface area contributed by atoms with E-state index in [1.165, 1.54) is 0 Å². The molecular formula is C9H15NO4S. The van der Waals surface area contributed by atoms with Crippen molar-refractivity contribution in [2.75, 3.05) is 39.1 Å². The second-order valence-electron chi connectivity index (χ2n) is 3.42. The zero-order valence-corrected chi connectivity index (χ0v) is 9.50. The van der Waals surface area contributed by atoms with Gasteiger partial charge in [-0.25, -0.2) is 0 Å². The maximum absolute atomic E-state index is 10.8. The molecule has 1 saturated heterocycles. The van der Waals surface area contributed by atoms with Crippen molar-refractivity contribution in [3.8, 4) is 12.3 Å². The van der Waals surface area contributed by atoms with E-state index in [0.717, 1.165) is 12.8 Å². The van der Waals surface area contributed by atoms with Gasteiger partial charge in [0, 0.05) is 13.1 Å². The van der Waals surface area contributed by atoms with E-state index < -0.39 is 10.1 Å². The fourth-order valence-electron chi connectivity index (χ4n) is 1.35. The second kappa shape index (κ2) is 5.47. The predicted molar refractivity (Wildman–Crippen MR) is 55.8 cm³/mol. The molecule has 1 aliphatic heterocycles. The summed E-state index contributed by atoms with van der Waals surface area (Å²) in [7, 11) is -3.39. The number of hydrogen-bond acceptors (Lipinski definition) is 5. The van der Waals surface area contributed by atoms with E-state index in [0.29, 0.717) is 19.7 Å². The van der Waals surface area contributed by atoms with Crippen molar-refractivity contribution in [2.24, 2.45) is 0 Å². The molecule has 15 heavy (non-hydrogen) atoms. The Bertz CT molecular complexity index is 333. The fourth-order valence-corrected chi connectivity index (χ4v) is 1.75. The molecule has 86 valence electrons. The van der Waals surface area contributed by atoms with Gasteiger partial charge in [0.25, 0.3) is 10.1 Å². The van der Waals surface area contributed by atoms with Crippen molar-refractivity contribution in [1.82, 2.24) is 4.90 Å². The Morgan fingerprint density at radius 2 is 2.40 bits per heavy atom. The van der Waals surface area contributed by atoms with E-state index >= 15 is 0 Å². The van der Waals surface area contributed by atoms with Crippen LogP contribution in [0.15, 0.2) is 0 Å². The molecule has 0 unspecified atom stereocenters. The number of terminal acetylenes is 1. The highest BCUT2D eigenvalue weighted by molar-refractivity contribution is 7.85. The molecule has 1 rings (SSSR count). The Balaban J connectivity index is 2.34. The summed E-state index contributed by atoms with van der Waals surface area (Å²) < 4.78 is 31.5. The summed E-state index contributed by atoms with van der Waals surface area (Å²) in [4.78, 5) is 2.03. The maximum atomic E-state index is 10.8. The topological polar surface area (TPSA) is 55.8 Å². The van der Waals surface area contributed by atoms with Crippen LogP contribution < -0.4 is 0 Å². The van der Waals surface area contributed by atoms with Gasteiger partial charge in [0.1, 0.15) is 0 Å². The molecule has 0 aromatic rings. The van der Waals surface area contributed by atoms with E-state index in [4.69, 9.17) is 11.2 Å². The summed E-state index contributed by atoms with van der Waals surface area (Å²) >= 11 is 0. The van der Waals surface area contributed by atoms with Crippen molar-refractivity contribution in [3.05, 3.63) is 0 Å². The van der Waals surface area contributed by atoms with Crippen molar-refractivity contribution in [2.45, 2.75) is 6.10 Å². The van der Waals surface area contributed by atoms with Crippen LogP contribution in [0.3, 0.4) is 0 Å². The molecule has 0 radical (unpaired) electrons. The average Bonchev–Trinajstić information content (AvgIpc) is 2.15. The van der Waals surface area contributed by atoms with Gasteiger partial charge < -0.3 is 4.74 Å². The first kappa shape index (κ1) is 12.5. The molecule has 1 fully saturated rings. The Morgan fingerprint density at radius 1 is 1.67 bits per heavy atom. The summed E-state index contributed by atoms with van der Waals surface area (Å²) in [6.45, 7) is 2.55. The van der Waals surface area contributed by atoms with E-state index in [-0.39, 0.29) is 12.7 Å². The zero-order valence-electron chi connectivity index (χ0n) is 8.68. The Labute approximate surface area is 90.5 Å². The average molecular weight is 233 g/mol. The lowest BCUT2D eigenvalue weighted by molar-refractivity contribution is -0.0429. The lowest BCUT2D eigenvalue weighted by Crippen LogP contribution is -2.44. The normalized spacial score (nSPS) is 23.6. The number of hydrogen-bond donors (Lipinski definition) is 0. The molecule has 0 aliphatic carbocycles. The highest BCUT2D eigenvalue weighted by atomic mass is 32.2. The maximum Gasteiger partial charge on any atom is 0.264 e. The van der Waals surface area contributed by atoms with Gasteiger partial charge >= 0.3 is 0 Å². The molecule has 0 amide bonds. The van der Waals surface area contributed by atoms with Crippen molar-refractivity contribution in [1.29, 1.82) is 0 Å². The number of nitrogens with zero attached hydrogens (tertiary/aromatic N) is 1. The number of ether oxygens (including phenoxy) is 1. The largest absolute Gasteiger partial charge is 0.373 e. The van der Waals surface area contributed by atoms with Crippen LogP contribution in [0, 0.1) is 12.3 Å². The molecule has 1 aliphatic rings. The quantitative estimate of drug-likeness (QED) is 0.474. The van der Waals surface area contributed by atoms with Gasteiger partial charge in [0.15, 0.2) is 0 Å². The minimum Gasteiger partial charge on any atom is -0.373 e. The van der Waals surface area contributed by atoms with Gasteiger partial charge in [-0.2, -0.15) is 8.42 Å². The van der Waals surface area contributed by atoms with Gasteiger partial charge in [0.2, 0.25) is 0 Å². The molecule has 0 saturated carbocycles. The van der Waals surface area contributed by atoms with Crippen LogP contribution >= 0.6 is 0 Å². The summed E-state index contributed by atoms with van der Waals surface area (Å²) in [5, 5.41) is 0. The summed E-state index contributed by atoms with van der Waals surface area (Å²) in [5.74, 6) is 2.54. The molecular weight excluding hydrogens is 218 g/mol. The van der Waals surface area contributed by atoms with Crippen LogP contribution in [0.25, 0.3) is 0 Å². The monoisotopic (exact) mass is 233 g/mol. The molecule has 0 aromatic carbocycles. The summed E-state index contributed by atoms with van der Waals surface area (Å²) in [5.41, 5.74) is 0. The van der Waals surface area contributed by atoms with Crippen LogP contribution in [-0.4, -0.2) is 58.5 Å². The highest BCUT2D eigenvalue weighted by Crippen LogP contribution is 2.06. The molecule has 5 nitrogen and oxygen atoms in total. The zero-order chi connectivity index (χ0) is 11.3. The smallest absolute Gasteiger partial charge is 0.264 e. The summed E-state index contributed by atoms with van der Waals surface area (Å²) in [6.07, 6.45) is 5.99. The molecule has 0 spiro atoms. The lowest BCUT2D eigenvalue weighted by Gasteiger charge is -2.31. The van der Waals surface area contributed by atoms with Gasteiger partial charge in [0.05, 0.1) is 32.1 Å². The Hall–Kier alpha value is -0.610. The van der Waals surface area contributed by atoms with Crippen LogP contribution in [0.4, 0.5) is 0 Å². The van der Waals surface area contributed by atoms with Gasteiger partial charge in [-0.05, 0) is 0 Å². The molecule has 1 atom stereocenters. The minimum atomic E-state index is -3.39. The molecule has 0 bridgehead atoms. The van der Waals surface area contributed by atoms with Gasteiger partial charge in [-0.1, -0.05) is 5.92 Å². The predicted octanol–water partition coefficient (Wildman–Crippen LogP) is -0.703. The molecule has 0 N–H and O–H groups in total. The fraction of sp³-hybridized carbons (Fsp3) is 0.778. The van der Waals surface area contributed by atoms with Crippen molar-refractivity contribution >= 4 is 10.1 Å². The molecule has 6 heteroatoms. The van der Waals surface area contributed by atoms with Crippen LogP contribution in [0.2, 0.25) is 0 Å². The van der Waals surface area contributed by atoms with E-state index in [1.54, 1.807) is 0 Å². The SMILES string of the molecule is C#CCN1CCO[C@H](COS(C)(=O)=O)C1. The Morgan fingerprint density at radius 3 is 3.00 bits per heavy atom. The number of morpholine rings is 1. The van der Waals surface area contributed by atoms with Gasteiger partial charge in [-0.3, -0.25) is 9.08 Å². The van der Waals surface area contributed by atoms with E-state index in [2.05, 4.69) is 10.1 Å². The van der Waals surface area contributed by atoms with Crippen LogP contribution in [-0.2, 0) is 19.0 Å². The second-order valence-corrected chi connectivity index (χ2v) is 5.06. The minimum absolute atomic E-state index is 0.0555. The standard InChI is InChI=1S/C9H15NO4S/c1-3-4-10-5-6-13-9(7-10)8-14-15(2,11)12/h1,9H,4-8H2,2H3/t9-/m0/s1. The highest BCUT2D eigenvalue weighted by Gasteiger charge is 2.21. The van der Waals surface area contributed by atoms with Crippen molar-refractivity contribution < 1.29 is 17.3 Å². The third kappa shape index (κ3) is 5.14. The molecule has 1 heterocycles.